The van der Waals surface area contributed by atoms with Gasteiger partial charge in [0.1, 0.15) is 0 Å². The molecule has 0 aromatic heterocycles. The predicted octanol–water partition coefficient (Wildman–Crippen LogP) is 3.39. The monoisotopic (exact) mass is 271 g/mol. The molecule has 0 spiro atoms. The molecule has 1 unspecified atom stereocenters. The van der Waals surface area contributed by atoms with E-state index >= 15 is 0 Å². The van der Waals surface area contributed by atoms with Gasteiger partial charge < -0.3 is 5.32 Å². The van der Waals surface area contributed by atoms with Gasteiger partial charge in [-0.05, 0) is 24.7 Å². The average Bonchev–Trinajstić information content (AvgIpc) is 2.15. The summed E-state index contributed by atoms with van der Waals surface area (Å²) in [6, 6.07) is 5.89. The minimum absolute atomic E-state index is 0.173. The topological polar surface area (TPSA) is 12.0 Å². The Hall–Kier alpha value is -0.490. The number of nitrogens with one attached hydrogen (secondary N) is 1. The van der Waals surface area contributed by atoms with Crippen LogP contribution in [0.4, 0.5) is 0 Å². The summed E-state index contributed by atoms with van der Waals surface area (Å²) >= 11 is 9.32. The van der Waals surface area contributed by atoms with Crippen LogP contribution in [-0.2, 0) is 0 Å². The molecule has 0 saturated carbocycles. The normalized spacial score (nSPS) is 12.1. The maximum atomic E-state index is 5.85. The van der Waals surface area contributed by atoms with E-state index in [4.69, 9.17) is 18.0 Å². The van der Waals surface area contributed by atoms with Crippen LogP contribution in [0.1, 0.15) is 18.0 Å². The molecule has 1 aromatic rings. The minimum Gasteiger partial charge on any atom is -0.312 e. The Morgan fingerprint density at radius 2 is 2.36 bits per heavy atom. The van der Waals surface area contributed by atoms with Gasteiger partial charge in [-0.15, -0.1) is 12.3 Å². The third-order valence-corrected chi connectivity index (χ3v) is 2.93. The standard InChI is InChI=1S/C11H11BrClN/c1-3-4-11(14-2)9-6-5-8(13)7-10(9)12/h1,5-7,11,14H,4H2,2H3. The van der Waals surface area contributed by atoms with Gasteiger partial charge in [0, 0.05) is 22.0 Å². The van der Waals surface area contributed by atoms with Crippen LogP contribution >= 0.6 is 27.5 Å². The van der Waals surface area contributed by atoms with E-state index in [0.717, 1.165) is 15.1 Å². The molecule has 1 aromatic carbocycles. The van der Waals surface area contributed by atoms with E-state index in [-0.39, 0.29) is 6.04 Å². The van der Waals surface area contributed by atoms with Crippen LogP contribution < -0.4 is 5.32 Å². The first-order chi connectivity index (χ1) is 6.69. The van der Waals surface area contributed by atoms with Crippen LogP contribution in [0, 0.1) is 12.3 Å². The molecule has 74 valence electrons. The zero-order valence-corrected chi connectivity index (χ0v) is 10.2. The van der Waals surface area contributed by atoms with Crippen LogP contribution in [0.15, 0.2) is 22.7 Å². The van der Waals surface area contributed by atoms with Crippen molar-refractivity contribution in [2.24, 2.45) is 0 Å². The van der Waals surface area contributed by atoms with Gasteiger partial charge in [-0.2, -0.15) is 0 Å². The van der Waals surface area contributed by atoms with E-state index in [0.29, 0.717) is 6.42 Å². The quantitative estimate of drug-likeness (QED) is 0.832. The predicted molar refractivity (Wildman–Crippen MR) is 64.4 cm³/mol. The average molecular weight is 273 g/mol. The molecule has 0 aliphatic heterocycles. The van der Waals surface area contributed by atoms with E-state index in [9.17, 15) is 0 Å². The van der Waals surface area contributed by atoms with Gasteiger partial charge in [0.05, 0.1) is 0 Å². The van der Waals surface area contributed by atoms with Gasteiger partial charge in [0.2, 0.25) is 0 Å². The number of terminal acetylenes is 1. The summed E-state index contributed by atoms with van der Waals surface area (Å²) in [5.41, 5.74) is 1.13. The fraction of sp³-hybridized carbons (Fsp3) is 0.273. The van der Waals surface area contributed by atoms with Crippen molar-refractivity contribution in [3.8, 4) is 12.3 Å². The maximum Gasteiger partial charge on any atom is 0.0439 e. The second-order valence-corrected chi connectivity index (χ2v) is 4.21. The van der Waals surface area contributed by atoms with Crippen molar-refractivity contribution in [3.05, 3.63) is 33.3 Å². The summed E-state index contributed by atoms with van der Waals surface area (Å²) in [6.45, 7) is 0. The highest BCUT2D eigenvalue weighted by Crippen LogP contribution is 2.27. The number of hydrogen-bond donors (Lipinski definition) is 1. The highest BCUT2D eigenvalue weighted by molar-refractivity contribution is 9.10. The summed E-state index contributed by atoms with van der Waals surface area (Å²) in [6.07, 6.45) is 5.95. The van der Waals surface area contributed by atoms with Gasteiger partial charge in [0.15, 0.2) is 0 Å². The lowest BCUT2D eigenvalue weighted by molar-refractivity contribution is 0.609. The lowest BCUT2D eigenvalue weighted by Gasteiger charge is -2.15. The van der Waals surface area contributed by atoms with Gasteiger partial charge in [-0.25, -0.2) is 0 Å². The fourth-order valence-electron chi connectivity index (χ4n) is 1.27. The maximum absolute atomic E-state index is 5.85. The molecule has 1 nitrogen and oxygen atoms in total. The number of benzene rings is 1. The molecule has 0 aliphatic carbocycles. The first-order valence-corrected chi connectivity index (χ1v) is 5.41. The third kappa shape index (κ3) is 2.75. The number of halogens is 2. The number of hydrogen-bond acceptors (Lipinski definition) is 1. The Kier molecular flexibility index (Phi) is 4.47. The molecule has 0 fully saturated rings. The molecule has 0 bridgehead atoms. The summed E-state index contributed by atoms with van der Waals surface area (Å²) in [7, 11) is 1.89. The van der Waals surface area contributed by atoms with Crippen molar-refractivity contribution < 1.29 is 0 Å². The van der Waals surface area contributed by atoms with Crippen molar-refractivity contribution in [1.82, 2.24) is 5.32 Å². The second kappa shape index (κ2) is 5.41. The first kappa shape index (κ1) is 11.6. The van der Waals surface area contributed by atoms with Crippen molar-refractivity contribution in [2.45, 2.75) is 12.5 Å². The molecular formula is C11H11BrClN. The molecular weight excluding hydrogens is 261 g/mol. The van der Waals surface area contributed by atoms with Gasteiger partial charge in [0.25, 0.3) is 0 Å². The SMILES string of the molecule is C#CCC(NC)c1ccc(Cl)cc1Br. The van der Waals surface area contributed by atoms with E-state index < -0.39 is 0 Å². The molecule has 0 aliphatic rings. The zero-order chi connectivity index (χ0) is 10.6. The fourth-order valence-corrected chi connectivity index (χ4v) is 2.23. The van der Waals surface area contributed by atoms with Crippen molar-refractivity contribution in [2.75, 3.05) is 7.05 Å². The van der Waals surface area contributed by atoms with Crippen molar-refractivity contribution >= 4 is 27.5 Å². The minimum atomic E-state index is 0.173. The summed E-state index contributed by atoms with van der Waals surface area (Å²) < 4.78 is 0.986. The Bertz CT molecular complexity index is 357. The van der Waals surface area contributed by atoms with Crippen LogP contribution in [-0.4, -0.2) is 7.05 Å². The molecule has 1 rings (SSSR count). The first-order valence-electron chi connectivity index (χ1n) is 4.24. The van der Waals surface area contributed by atoms with Crippen LogP contribution in [0.3, 0.4) is 0 Å². The van der Waals surface area contributed by atoms with Crippen LogP contribution in [0.5, 0.6) is 0 Å². The van der Waals surface area contributed by atoms with Crippen LogP contribution in [0.2, 0.25) is 5.02 Å². The Morgan fingerprint density at radius 3 is 2.86 bits per heavy atom. The van der Waals surface area contributed by atoms with E-state index in [1.165, 1.54) is 0 Å². The molecule has 3 heteroatoms. The van der Waals surface area contributed by atoms with Gasteiger partial charge >= 0.3 is 0 Å². The van der Waals surface area contributed by atoms with Crippen molar-refractivity contribution in [1.29, 1.82) is 0 Å². The highest BCUT2D eigenvalue weighted by atomic mass is 79.9. The lowest BCUT2D eigenvalue weighted by atomic mass is 10.0. The van der Waals surface area contributed by atoms with Gasteiger partial charge in [-0.3, -0.25) is 0 Å². The van der Waals surface area contributed by atoms with E-state index in [1.54, 1.807) is 0 Å². The Morgan fingerprint density at radius 1 is 1.64 bits per heavy atom. The Labute approximate surface area is 98.0 Å². The van der Waals surface area contributed by atoms with Gasteiger partial charge in [-0.1, -0.05) is 33.6 Å². The smallest absolute Gasteiger partial charge is 0.0439 e. The summed E-state index contributed by atoms with van der Waals surface area (Å²) in [4.78, 5) is 0. The molecule has 1 atom stereocenters. The molecule has 0 radical (unpaired) electrons. The highest BCUT2D eigenvalue weighted by Gasteiger charge is 2.11. The number of rotatable bonds is 3. The second-order valence-electron chi connectivity index (χ2n) is 2.92. The molecule has 0 heterocycles. The summed E-state index contributed by atoms with van der Waals surface area (Å²) in [5, 5.41) is 3.88. The summed E-state index contributed by atoms with van der Waals surface area (Å²) in [5.74, 6) is 2.64. The third-order valence-electron chi connectivity index (χ3n) is 2.01. The molecule has 0 saturated heterocycles. The Balaban J connectivity index is 2.99. The van der Waals surface area contributed by atoms with Crippen molar-refractivity contribution in [3.63, 3.8) is 0 Å². The molecule has 1 N–H and O–H groups in total. The van der Waals surface area contributed by atoms with E-state index in [1.807, 2.05) is 25.2 Å². The molecule has 14 heavy (non-hydrogen) atoms. The largest absolute Gasteiger partial charge is 0.312 e. The van der Waals surface area contributed by atoms with E-state index in [2.05, 4.69) is 27.2 Å². The van der Waals surface area contributed by atoms with Crippen LogP contribution in [0.25, 0.3) is 0 Å². The zero-order valence-electron chi connectivity index (χ0n) is 7.85. The molecule has 0 amide bonds. The lowest BCUT2D eigenvalue weighted by Crippen LogP contribution is -2.16.